The second-order valence-corrected chi connectivity index (χ2v) is 5.51. The molecule has 84 valence electrons. The number of nitriles is 1. The van der Waals surface area contributed by atoms with Crippen LogP contribution < -0.4 is 0 Å². The molecule has 0 spiro atoms. The Balaban J connectivity index is 3.19. The van der Waals surface area contributed by atoms with E-state index >= 15 is 0 Å². The van der Waals surface area contributed by atoms with Gasteiger partial charge in [-0.2, -0.15) is 5.26 Å². The van der Waals surface area contributed by atoms with Crippen molar-refractivity contribution in [2.24, 2.45) is 0 Å². The number of carbonyl (C=O) groups is 1. The quantitative estimate of drug-likeness (QED) is 0.821. The number of benzene rings is 1. The fourth-order valence-electron chi connectivity index (χ4n) is 1.19. The largest absolute Gasteiger partial charge is 0.481 e. The van der Waals surface area contributed by atoms with E-state index in [4.69, 9.17) is 10.4 Å². The van der Waals surface area contributed by atoms with Crippen molar-refractivity contribution in [1.29, 1.82) is 5.26 Å². The Labute approximate surface area is 118 Å². The van der Waals surface area contributed by atoms with Gasteiger partial charge >= 0.3 is 5.97 Å². The molecule has 16 heavy (non-hydrogen) atoms. The number of halogens is 3. The van der Waals surface area contributed by atoms with Gasteiger partial charge in [-0.3, -0.25) is 4.79 Å². The molecule has 1 rings (SSSR count). The molecule has 0 aliphatic heterocycles. The lowest BCUT2D eigenvalue weighted by Crippen LogP contribution is -2.00. The van der Waals surface area contributed by atoms with Crippen molar-refractivity contribution in [1.82, 2.24) is 0 Å². The first-order valence-corrected chi connectivity index (χ1v) is 6.63. The van der Waals surface area contributed by atoms with Gasteiger partial charge in [0.15, 0.2) is 0 Å². The van der Waals surface area contributed by atoms with Crippen molar-refractivity contribution in [3.63, 3.8) is 0 Å². The Morgan fingerprint density at radius 2 is 2.00 bits per heavy atom. The molecule has 0 fully saturated rings. The molecule has 0 saturated carbocycles. The van der Waals surface area contributed by atoms with Crippen LogP contribution in [-0.2, 0) is 11.2 Å². The molecule has 0 heterocycles. The van der Waals surface area contributed by atoms with Gasteiger partial charge in [0.2, 0.25) is 0 Å². The molecule has 1 aromatic carbocycles. The number of rotatable bonds is 3. The molecule has 0 unspecified atom stereocenters. The topological polar surface area (TPSA) is 61.1 Å². The zero-order chi connectivity index (χ0) is 12.3. The lowest BCUT2D eigenvalue weighted by Gasteiger charge is -2.09. The van der Waals surface area contributed by atoms with Gasteiger partial charge in [-0.25, -0.2) is 0 Å². The molecule has 1 N–H and O–H groups in total. The molecule has 0 radical (unpaired) electrons. The van der Waals surface area contributed by atoms with E-state index in [1.165, 1.54) is 0 Å². The summed E-state index contributed by atoms with van der Waals surface area (Å²) >= 11 is 9.94. The maximum Gasteiger partial charge on any atom is 0.303 e. The smallest absolute Gasteiger partial charge is 0.303 e. The highest BCUT2D eigenvalue weighted by Gasteiger charge is 2.14. The molecule has 0 amide bonds. The highest BCUT2D eigenvalue weighted by molar-refractivity contribution is 9.11. The van der Waals surface area contributed by atoms with Crippen molar-refractivity contribution in [3.05, 3.63) is 30.6 Å². The highest BCUT2D eigenvalue weighted by atomic mass is 79.9. The third-order valence-electron chi connectivity index (χ3n) is 1.97. The highest BCUT2D eigenvalue weighted by Crippen LogP contribution is 2.34. The fraction of sp³-hybridized carbons (Fsp3) is 0.200. The summed E-state index contributed by atoms with van der Waals surface area (Å²) in [5, 5.41) is 17.6. The van der Waals surface area contributed by atoms with Crippen LogP contribution in [0.1, 0.15) is 17.5 Å². The van der Waals surface area contributed by atoms with E-state index in [1.54, 1.807) is 6.07 Å². The predicted molar refractivity (Wildman–Crippen MR) is 70.2 cm³/mol. The molecular weight excluding hydrogens is 406 g/mol. The number of hydrogen-bond acceptors (Lipinski definition) is 2. The summed E-state index contributed by atoms with van der Waals surface area (Å²) in [5.74, 6) is -0.861. The zero-order valence-corrected chi connectivity index (χ0v) is 12.7. The van der Waals surface area contributed by atoms with Crippen LogP contribution in [0.5, 0.6) is 0 Å². The van der Waals surface area contributed by atoms with Gasteiger partial charge in [0.25, 0.3) is 0 Å². The first-order chi connectivity index (χ1) is 7.47. The van der Waals surface area contributed by atoms with E-state index in [0.717, 1.165) is 10.0 Å². The van der Waals surface area contributed by atoms with Crippen LogP contribution in [0.4, 0.5) is 0 Å². The lowest BCUT2D eigenvalue weighted by molar-refractivity contribution is -0.136. The first-order valence-electron chi connectivity index (χ1n) is 4.25. The molecule has 3 nitrogen and oxygen atoms in total. The third-order valence-corrected chi connectivity index (χ3v) is 4.17. The number of carboxylic acid groups (broad SMARTS) is 1. The maximum atomic E-state index is 10.5. The zero-order valence-electron chi connectivity index (χ0n) is 7.93. The van der Waals surface area contributed by atoms with E-state index in [0.29, 0.717) is 20.9 Å². The number of hydrogen-bond donors (Lipinski definition) is 1. The molecule has 0 aliphatic rings. The summed E-state index contributed by atoms with van der Waals surface area (Å²) < 4.78 is 2.09. The first kappa shape index (κ1) is 13.7. The van der Waals surface area contributed by atoms with Gasteiger partial charge in [-0.15, -0.1) is 0 Å². The van der Waals surface area contributed by atoms with Gasteiger partial charge in [-0.05, 0) is 49.9 Å². The Bertz CT molecular complexity index is 480. The Hall–Kier alpha value is -0.380. The van der Waals surface area contributed by atoms with E-state index < -0.39 is 5.97 Å². The van der Waals surface area contributed by atoms with E-state index in [1.807, 2.05) is 0 Å². The summed E-state index contributed by atoms with van der Waals surface area (Å²) in [7, 11) is 0. The minimum Gasteiger partial charge on any atom is -0.481 e. The second kappa shape index (κ2) is 5.80. The molecule has 0 atom stereocenters. The van der Waals surface area contributed by atoms with Crippen LogP contribution in [0, 0.1) is 11.3 Å². The fourth-order valence-corrected chi connectivity index (χ4v) is 3.89. The normalized spacial score (nSPS) is 9.88. The molecule has 0 saturated heterocycles. The molecule has 0 aliphatic carbocycles. The van der Waals surface area contributed by atoms with Crippen LogP contribution in [0.2, 0.25) is 0 Å². The number of nitrogens with zero attached hydrogens (tertiary/aromatic N) is 1. The molecule has 6 heteroatoms. The summed E-state index contributed by atoms with van der Waals surface area (Å²) in [6, 6.07) is 3.81. The standard InChI is InChI=1S/C10H6Br3NO2/c11-7-3-8(12)6(4-14)10(13)5(7)1-2-9(15)16/h3H,1-2H2,(H,15,16). The van der Waals surface area contributed by atoms with Gasteiger partial charge in [0, 0.05) is 19.8 Å². The minimum absolute atomic E-state index is 0.0314. The monoisotopic (exact) mass is 409 g/mol. The van der Waals surface area contributed by atoms with Gasteiger partial charge in [-0.1, -0.05) is 15.9 Å². The summed E-state index contributed by atoms with van der Waals surface area (Å²) in [4.78, 5) is 10.5. The van der Waals surface area contributed by atoms with Crippen LogP contribution >= 0.6 is 47.8 Å². The number of aliphatic carboxylic acids is 1. The minimum atomic E-state index is -0.861. The van der Waals surface area contributed by atoms with Crippen molar-refractivity contribution in [2.75, 3.05) is 0 Å². The van der Waals surface area contributed by atoms with Crippen LogP contribution in [0.3, 0.4) is 0 Å². The number of carboxylic acids is 1. The van der Waals surface area contributed by atoms with Crippen LogP contribution in [0.15, 0.2) is 19.5 Å². The van der Waals surface area contributed by atoms with E-state index in [2.05, 4.69) is 53.9 Å². The summed E-state index contributed by atoms with van der Waals surface area (Å²) in [6.07, 6.45) is 0.405. The van der Waals surface area contributed by atoms with Crippen molar-refractivity contribution in [2.45, 2.75) is 12.8 Å². The molecule has 1 aromatic rings. The summed E-state index contributed by atoms with van der Waals surface area (Å²) in [5.41, 5.74) is 1.27. The van der Waals surface area contributed by atoms with Crippen molar-refractivity contribution < 1.29 is 9.90 Å². The van der Waals surface area contributed by atoms with Crippen LogP contribution in [0.25, 0.3) is 0 Å². The third kappa shape index (κ3) is 3.06. The predicted octanol–water partition coefficient (Wildman–Crippen LogP) is 3.86. The van der Waals surface area contributed by atoms with Crippen LogP contribution in [-0.4, -0.2) is 11.1 Å². The SMILES string of the molecule is N#Cc1c(Br)cc(Br)c(CCC(=O)O)c1Br. The Morgan fingerprint density at radius 1 is 1.38 bits per heavy atom. The molecule has 0 bridgehead atoms. The van der Waals surface area contributed by atoms with Crippen molar-refractivity contribution >= 4 is 53.8 Å². The second-order valence-electron chi connectivity index (χ2n) is 3.01. The average Bonchev–Trinajstić information content (AvgIpc) is 2.16. The van der Waals surface area contributed by atoms with Gasteiger partial charge in [0.05, 0.1) is 5.56 Å². The molecule has 0 aromatic heterocycles. The van der Waals surface area contributed by atoms with Gasteiger partial charge < -0.3 is 5.11 Å². The molecular formula is C10H6Br3NO2. The average molecular weight is 412 g/mol. The van der Waals surface area contributed by atoms with E-state index in [-0.39, 0.29) is 6.42 Å². The Morgan fingerprint density at radius 3 is 2.50 bits per heavy atom. The Kier molecular flexibility index (Phi) is 4.96. The van der Waals surface area contributed by atoms with Gasteiger partial charge in [0.1, 0.15) is 6.07 Å². The van der Waals surface area contributed by atoms with E-state index in [9.17, 15) is 4.79 Å². The maximum absolute atomic E-state index is 10.5. The van der Waals surface area contributed by atoms with Crippen molar-refractivity contribution in [3.8, 4) is 6.07 Å². The summed E-state index contributed by atoms with van der Waals surface area (Å²) in [6.45, 7) is 0. The lowest BCUT2D eigenvalue weighted by atomic mass is 10.1.